The van der Waals surface area contributed by atoms with Gasteiger partial charge in [-0.2, -0.15) is 4.98 Å². The number of halogens is 1. The van der Waals surface area contributed by atoms with Gasteiger partial charge in [0.15, 0.2) is 0 Å². The molecule has 6 rings (SSSR count). The number of aliphatic imine (C=N–C) groups is 1. The van der Waals surface area contributed by atoms with Gasteiger partial charge in [0.2, 0.25) is 5.95 Å². The maximum atomic E-state index is 13.5. The lowest BCUT2D eigenvalue weighted by Crippen LogP contribution is -2.28. The summed E-state index contributed by atoms with van der Waals surface area (Å²) in [5.41, 5.74) is 15.7. The molecule has 3 heterocycles. The normalized spacial score (nSPS) is 14.5. The Bertz CT molecular complexity index is 1530. The van der Waals surface area contributed by atoms with Gasteiger partial charge in [-0.15, -0.1) is 0 Å². The summed E-state index contributed by atoms with van der Waals surface area (Å²) in [7, 11) is 0. The Morgan fingerprint density at radius 3 is 2.57 bits per heavy atom. The van der Waals surface area contributed by atoms with Crippen molar-refractivity contribution in [3.63, 3.8) is 0 Å². The van der Waals surface area contributed by atoms with Gasteiger partial charge in [-0.3, -0.25) is 4.99 Å². The fraction of sp³-hybridized carbons (Fsp3) is 0.233. The Hall–Kier alpha value is -4.26. The molecule has 0 saturated heterocycles. The standard InChI is InChI=1S/C30H28FN5O/c1-18-13-23-6-5-22(16-27(23)33-18)21-7-10-28-24(15-21)17-36(11-12-37-28)29-26(19(2)34-30(32)35-29)14-20-3-8-25(31)9-4-20/h3-10,15-16H,11-14,17H2,1-2H3,(H2,32,34,35). The van der Waals surface area contributed by atoms with E-state index in [4.69, 9.17) is 15.5 Å². The maximum Gasteiger partial charge on any atom is 0.222 e. The van der Waals surface area contributed by atoms with E-state index in [9.17, 15) is 4.39 Å². The summed E-state index contributed by atoms with van der Waals surface area (Å²) in [6, 6.07) is 19.4. The van der Waals surface area contributed by atoms with Gasteiger partial charge in [0.05, 0.1) is 12.2 Å². The van der Waals surface area contributed by atoms with Crippen LogP contribution in [0.2, 0.25) is 0 Å². The molecule has 3 aromatic carbocycles. The molecule has 0 aliphatic carbocycles. The van der Waals surface area contributed by atoms with E-state index in [1.807, 2.05) is 6.92 Å². The lowest BCUT2D eigenvalue weighted by molar-refractivity contribution is 0.331. The molecule has 2 aliphatic heterocycles. The first-order chi connectivity index (χ1) is 17.9. The molecule has 1 aromatic heterocycles. The van der Waals surface area contributed by atoms with Crippen molar-refractivity contribution in [2.75, 3.05) is 23.8 Å². The molecular formula is C30H28FN5O. The van der Waals surface area contributed by atoms with Crippen molar-refractivity contribution in [2.45, 2.75) is 33.2 Å². The second-order valence-corrected chi connectivity index (χ2v) is 9.73. The van der Waals surface area contributed by atoms with Crippen molar-refractivity contribution in [1.29, 1.82) is 0 Å². The highest BCUT2D eigenvalue weighted by Crippen LogP contribution is 2.36. The maximum absolute atomic E-state index is 13.5. The van der Waals surface area contributed by atoms with Crippen molar-refractivity contribution < 1.29 is 9.13 Å². The highest BCUT2D eigenvalue weighted by atomic mass is 19.1. The van der Waals surface area contributed by atoms with E-state index in [2.05, 4.69) is 58.2 Å². The van der Waals surface area contributed by atoms with Crippen LogP contribution in [0.4, 0.5) is 21.8 Å². The van der Waals surface area contributed by atoms with Crippen LogP contribution in [0.3, 0.4) is 0 Å². The lowest BCUT2D eigenvalue weighted by atomic mass is 9.99. The number of fused-ring (bicyclic) bond motifs is 2. The quantitative estimate of drug-likeness (QED) is 0.388. The van der Waals surface area contributed by atoms with E-state index in [1.54, 1.807) is 12.1 Å². The number of anilines is 2. The van der Waals surface area contributed by atoms with Crippen LogP contribution >= 0.6 is 0 Å². The number of benzene rings is 3. The van der Waals surface area contributed by atoms with E-state index < -0.39 is 0 Å². The van der Waals surface area contributed by atoms with Crippen molar-refractivity contribution in [1.82, 2.24) is 9.97 Å². The zero-order valence-electron chi connectivity index (χ0n) is 21.0. The summed E-state index contributed by atoms with van der Waals surface area (Å²) in [5.74, 6) is 1.65. The second-order valence-electron chi connectivity index (χ2n) is 9.73. The SMILES string of the molecule is CC1=Nc2cc(-c3ccc4c(c3)CN(c3nc(N)nc(C)c3Cc3ccc(F)cc3)CCO4)ccc2C1. The van der Waals surface area contributed by atoms with Crippen LogP contribution in [0.5, 0.6) is 5.75 Å². The number of nitrogens with zero attached hydrogens (tertiary/aromatic N) is 4. The summed E-state index contributed by atoms with van der Waals surface area (Å²) in [5, 5.41) is 0. The molecule has 6 nitrogen and oxygen atoms in total. The smallest absolute Gasteiger partial charge is 0.222 e. The van der Waals surface area contributed by atoms with E-state index in [-0.39, 0.29) is 11.8 Å². The summed E-state index contributed by atoms with van der Waals surface area (Å²) in [6.45, 7) is 5.82. The van der Waals surface area contributed by atoms with E-state index in [0.29, 0.717) is 26.1 Å². The van der Waals surface area contributed by atoms with E-state index >= 15 is 0 Å². The Morgan fingerprint density at radius 1 is 0.946 bits per heavy atom. The van der Waals surface area contributed by atoms with Gasteiger partial charge < -0.3 is 15.4 Å². The van der Waals surface area contributed by atoms with Crippen LogP contribution in [0.15, 0.2) is 65.7 Å². The number of hydrogen-bond donors (Lipinski definition) is 1. The monoisotopic (exact) mass is 493 g/mol. The van der Waals surface area contributed by atoms with Crippen LogP contribution in [0, 0.1) is 12.7 Å². The average Bonchev–Trinajstić information content (AvgIpc) is 3.12. The van der Waals surface area contributed by atoms with Gasteiger partial charge in [0.25, 0.3) is 0 Å². The molecular weight excluding hydrogens is 465 g/mol. The summed E-state index contributed by atoms with van der Waals surface area (Å²) in [4.78, 5) is 16.0. The van der Waals surface area contributed by atoms with Gasteiger partial charge in [-0.1, -0.05) is 30.3 Å². The first-order valence-electron chi connectivity index (χ1n) is 12.5. The molecule has 0 bridgehead atoms. The predicted molar refractivity (Wildman–Crippen MR) is 145 cm³/mol. The minimum Gasteiger partial charge on any atom is -0.491 e. The van der Waals surface area contributed by atoms with Crippen LogP contribution in [-0.4, -0.2) is 28.8 Å². The van der Waals surface area contributed by atoms with Crippen LogP contribution in [0.1, 0.15) is 34.9 Å². The zero-order chi connectivity index (χ0) is 25.5. The first-order valence-corrected chi connectivity index (χ1v) is 12.5. The highest BCUT2D eigenvalue weighted by Gasteiger charge is 2.23. The second kappa shape index (κ2) is 9.32. The molecule has 37 heavy (non-hydrogen) atoms. The molecule has 0 unspecified atom stereocenters. The van der Waals surface area contributed by atoms with Gasteiger partial charge >= 0.3 is 0 Å². The Balaban J connectivity index is 1.35. The molecule has 0 radical (unpaired) electrons. The lowest BCUT2D eigenvalue weighted by Gasteiger charge is -2.25. The Morgan fingerprint density at radius 2 is 1.73 bits per heavy atom. The number of ether oxygens (including phenoxy) is 1. The molecule has 4 aromatic rings. The van der Waals surface area contributed by atoms with Crippen LogP contribution < -0.4 is 15.4 Å². The third-order valence-corrected chi connectivity index (χ3v) is 7.02. The molecule has 7 heteroatoms. The van der Waals surface area contributed by atoms with Crippen molar-refractivity contribution in [3.05, 3.63) is 94.4 Å². The fourth-order valence-corrected chi connectivity index (χ4v) is 5.15. The first kappa shape index (κ1) is 23.2. The van der Waals surface area contributed by atoms with Crippen molar-refractivity contribution >= 4 is 23.2 Å². The number of aromatic nitrogens is 2. The Labute approximate surface area is 215 Å². The van der Waals surface area contributed by atoms with Gasteiger partial charge in [-0.25, -0.2) is 9.37 Å². The molecule has 0 saturated carbocycles. The average molecular weight is 494 g/mol. The molecule has 0 fully saturated rings. The summed E-state index contributed by atoms with van der Waals surface area (Å²) < 4.78 is 19.6. The fourth-order valence-electron chi connectivity index (χ4n) is 5.15. The third kappa shape index (κ3) is 4.65. The molecule has 186 valence electrons. The van der Waals surface area contributed by atoms with E-state index in [0.717, 1.165) is 62.9 Å². The van der Waals surface area contributed by atoms with E-state index in [1.165, 1.54) is 17.7 Å². The minimum atomic E-state index is -0.253. The summed E-state index contributed by atoms with van der Waals surface area (Å²) >= 11 is 0. The topological polar surface area (TPSA) is 76.6 Å². The zero-order valence-corrected chi connectivity index (χ0v) is 21.0. The number of hydrogen-bond acceptors (Lipinski definition) is 6. The van der Waals surface area contributed by atoms with Crippen molar-refractivity contribution in [2.24, 2.45) is 4.99 Å². The van der Waals surface area contributed by atoms with Gasteiger partial charge in [0.1, 0.15) is 24.0 Å². The highest BCUT2D eigenvalue weighted by molar-refractivity contribution is 5.93. The molecule has 0 atom stereocenters. The number of aryl methyl sites for hydroxylation is 1. The van der Waals surface area contributed by atoms with Gasteiger partial charge in [0, 0.05) is 41.9 Å². The minimum absolute atomic E-state index is 0.239. The molecule has 0 amide bonds. The number of nitrogen functional groups attached to an aromatic ring is 1. The molecule has 2 N–H and O–H groups in total. The molecule has 2 aliphatic rings. The number of rotatable bonds is 4. The van der Waals surface area contributed by atoms with Crippen molar-refractivity contribution in [3.8, 4) is 16.9 Å². The third-order valence-electron chi connectivity index (χ3n) is 7.02. The summed E-state index contributed by atoms with van der Waals surface area (Å²) in [6.07, 6.45) is 1.51. The Kier molecular flexibility index (Phi) is 5.83. The largest absolute Gasteiger partial charge is 0.491 e. The van der Waals surface area contributed by atoms with Crippen LogP contribution in [-0.2, 0) is 19.4 Å². The number of nitrogens with two attached hydrogens (primary N) is 1. The predicted octanol–water partition coefficient (Wildman–Crippen LogP) is 5.81. The molecule has 0 spiro atoms. The van der Waals surface area contributed by atoms with Gasteiger partial charge in [-0.05, 0) is 66.4 Å². The van der Waals surface area contributed by atoms with Crippen LogP contribution in [0.25, 0.3) is 11.1 Å².